The van der Waals surface area contributed by atoms with E-state index in [1.807, 2.05) is 36.4 Å². The maximum absolute atomic E-state index is 14.3. The number of fused-ring (bicyclic) bond motifs is 2. The van der Waals surface area contributed by atoms with Gasteiger partial charge in [-0.25, -0.2) is 9.59 Å². The third-order valence-electron chi connectivity index (χ3n) is 9.47. The highest BCUT2D eigenvalue weighted by atomic mass is 16.7. The van der Waals surface area contributed by atoms with Gasteiger partial charge in [0.2, 0.25) is 16.9 Å². The first kappa shape index (κ1) is 42.1. The SMILES string of the molecule is CCCC[n+]1c2ccc(OC)cc2c(C(=O)Oc2c(C)cc(C(=O)NCCOCCNC(=O)CCCC(=O)ON3C(=O)CCC3=O)cc2C)c2cc(OC)ccc21. The van der Waals surface area contributed by atoms with Gasteiger partial charge in [-0.2, -0.15) is 4.57 Å². The Kier molecular flexibility index (Phi) is 14.5. The normalized spacial score (nSPS) is 12.5. The Morgan fingerprint density at radius 3 is 1.91 bits per heavy atom. The van der Waals surface area contributed by atoms with Crippen molar-refractivity contribution >= 4 is 57.4 Å². The quantitative estimate of drug-likeness (QED) is 0.0340. The summed E-state index contributed by atoms with van der Waals surface area (Å²) in [6.07, 6.45) is 2.07. The zero-order valence-corrected chi connectivity index (χ0v) is 33.0. The first-order valence-electron chi connectivity index (χ1n) is 19.0. The van der Waals surface area contributed by atoms with E-state index in [1.54, 1.807) is 40.2 Å². The van der Waals surface area contributed by atoms with Crippen LogP contribution in [0.4, 0.5) is 0 Å². The van der Waals surface area contributed by atoms with Crippen LogP contribution in [0.3, 0.4) is 0 Å². The molecule has 0 atom stereocenters. The minimum atomic E-state index is -0.758. The molecule has 3 aromatic carbocycles. The van der Waals surface area contributed by atoms with Crippen molar-refractivity contribution in [3.8, 4) is 17.2 Å². The van der Waals surface area contributed by atoms with E-state index in [9.17, 15) is 28.8 Å². The van der Waals surface area contributed by atoms with Crippen LogP contribution in [0.5, 0.6) is 17.2 Å². The Labute approximate surface area is 330 Å². The zero-order chi connectivity index (χ0) is 41.1. The van der Waals surface area contributed by atoms with E-state index in [1.165, 1.54) is 0 Å². The molecule has 0 aliphatic carbocycles. The monoisotopic (exact) mass is 785 g/mol. The number of aryl methyl sites for hydroxylation is 3. The fourth-order valence-electron chi connectivity index (χ4n) is 6.58. The molecule has 1 aliphatic heterocycles. The number of carbonyl (C=O) groups excluding carboxylic acids is 6. The van der Waals surface area contributed by atoms with Gasteiger partial charge in [-0.1, -0.05) is 13.3 Å². The summed E-state index contributed by atoms with van der Waals surface area (Å²) >= 11 is 0. The first-order valence-corrected chi connectivity index (χ1v) is 19.0. The molecule has 0 spiro atoms. The second kappa shape index (κ2) is 19.7. The van der Waals surface area contributed by atoms with E-state index in [0.717, 1.165) is 30.4 Å². The third kappa shape index (κ3) is 10.4. The largest absolute Gasteiger partial charge is 0.497 e. The molecule has 2 N–H and O–H groups in total. The van der Waals surface area contributed by atoms with Gasteiger partial charge >= 0.3 is 11.9 Å². The molecule has 302 valence electrons. The highest BCUT2D eigenvalue weighted by molar-refractivity contribution is 6.14. The molecule has 0 bridgehead atoms. The number of hydroxylamine groups is 2. The van der Waals surface area contributed by atoms with Crippen LogP contribution in [0.2, 0.25) is 0 Å². The van der Waals surface area contributed by atoms with Crippen LogP contribution in [-0.4, -0.2) is 81.2 Å². The average molecular weight is 786 g/mol. The molecule has 15 nitrogen and oxygen atoms in total. The van der Waals surface area contributed by atoms with Crippen LogP contribution in [0, 0.1) is 13.8 Å². The first-order chi connectivity index (χ1) is 27.4. The number of unbranched alkanes of at least 4 members (excludes halogenated alkanes) is 1. The number of rotatable bonds is 19. The maximum atomic E-state index is 14.3. The van der Waals surface area contributed by atoms with Crippen LogP contribution in [0.15, 0.2) is 48.5 Å². The molecule has 1 aromatic heterocycles. The van der Waals surface area contributed by atoms with E-state index < -0.39 is 23.8 Å². The van der Waals surface area contributed by atoms with E-state index in [2.05, 4.69) is 22.1 Å². The molecule has 5 rings (SSSR count). The number of aromatic nitrogens is 1. The lowest BCUT2D eigenvalue weighted by Crippen LogP contribution is -2.36. The smallest absolute Gasteiger partial charge is 0.345 e. The number of benzene rings is 3. The minimum absolute atomic E-state index is 0.0104. The number of nitrogens with zero attached hydrogens (tertiary/aromatic N) is 2. The molecule has 0 unspecified atom stereocenters. The Balaban J connectivity index is 1.14. The summed E-state index contributed by atoms with van der Waals surface area (Å²) in [4.78, 5) is 79.1. The van der Waals surface area contributed by atoms with Gasteiger partial charge in [-0.3, -0.25) is 19.2 Å². The molecule has 1 aliphatic rings. The number of hydrogen-bond donors (Lipinski definition) is 2. The van der Waals surface area contributed by atoms with Crippen molar-refractivity contribution in [3.63, 3.8) is 0 Å². The number of pyridine rings is 1. The predicted octanol–water partition coefficient (Wildman–Crippen LogP) is 4.57. The van der Waals surface area contributed by atoms with Crippen LogP contribution < -0.4 is 29.4 Å². The van der Waals surface area contributed by atoms with Gasteiger partial charge in [0.25, 0.3) is 17.7 Å². The standard InChI is InChI=1S/C42H48N4O11/c1-6-7-19-45-33-13-11-29(53-4)24-31(33)39(32-25-30(54-5)12-14-34(32)45)42(52)56-40-26(2)22-28(23-27(40)3)41(51)44-18-21-55-20-17-43-35(47)9-8-10-38(50)57-46-36(48)15-16-37(46)49/h11-14,22-25H,6-10,15-21H2,1-5H3,(H-,43,44,47,51)/p+1. The topological polar surface area (TPSA) is 180 Å². The highest BCUT2D eigenvalue weighted by Crippen LogP contribution is 2.33. The van der Waals surface area contributed by atoms with Gasteiger partial charge in [0.15, 0.2) is 0 Å². The van der Waals surface area contributed by atoms with Gasteiger partial charge in [0, 0.05) is 62.9 Å². The molecular formula is C42H49N4O11+. The summed E-state index contributed by atoms with van der Waals surface area (Å²) in [5.41, 5.74) is 3.71. The van der Waals surface area contributed by atoms with Crippen LogP contribution in [0.1, 0.15) is 83.7 Å². The predicted molar refractivity (Wildman–Crippen MR) is 208 cm³/mol. The van der Waals surface area contributed by atoms with Crippen LogP contribution in [0.25, 0.3) is 21.8 Å². The van der Waals surface area contributed by atoms with Crippen molar-refractivity contribution < 1.29 is 57.1 Å². The van der Waals surface area contributed by atoms with Crippen molar-refractivity contribution in [2.75, 3.05) is 40.5 Å². The third-order valence-corrected chi connectivity index (χ3v) is 9.47. The van der Waals surface area contributed by atoms with Crippen molar-refractivity contribution in [2.24, 2.45) is 0 Å². The van der Waals surface area contributed by atoms with Crippen molar-refractivity contribution in [1.82, 2.24) is 15.7 Å². The van der Waals surface area contributed by atoms with Crippen LogP contribution in [-0.2, 0) is 35.3 Å². The molecule has 15 heteroatoms. The lowest BCUT2D eigenvalue weighted by molar-refractivity contribution is -0.645. The fraction of sp³-hybridized carbons (Fsp3) is 0.405. The van der Waals surface area contributed by atoms with Gasteiger partial charge < -0.3 is 34.4 Å². The number of ether oxygens (including phenoxy) is 4. The summed E-state index contributed by atoms with van der Waals surface area (Å²) in [7, 11) is 3.16. The zero-order valence-electron chi connectivity index (χ0n) is 33.0. The Hall–Kier alpha value is -6.09. The Bertz CT molecular complexity index is 2080. The molecule has 0 saturated carbocycles. The van der Waals surface area contributed by atoms with Crippen molar-refractivity contribution in [2.45, 2.75) is 72.3 Å². The van der Waals surface area contributed by atoms with Gasteiger partial charge in [-0.15, -0.1) is 5.06 Å². The molecule has 1 saturated heterocycles. The summed E-state index contributed by atoms with van der Waals surface area (Å²) in [5, 5.41) is 7.33. The van der Waals surface area contributed by atoms with Gasteiger partial charge in [0.05, 0.1) is 43.8 Å². The minimum Gasteiger partial charge on any atom is -0.497 e. The maximum Gasteiger partial charge on any atom is 0.345 e. The summed E-state index contributed by atoms with van der Waals surface area (Å²) in [6, 6.07) is 14.7. The number of amides is 4. The summed E-state index contributed by atoms with van der Waals surface area (Å²) < 4.78 is 25.0. The lowest BCUT2D eigenvalue weighted by atomic mass is 10.0. The fourth-order valence-corrected chi connectivity index (χ4v) is 6.58. The second-order valence-electron chi connectivity index (χ2n) is 13.6. The van der Waals surface area contributed by atoms with E-state index in [-0.39, 0.29) is 70.2 Å². The Morgan fingerprint density at radius 1 is 0.772 bits per heavy atom. The molecule has 2 heterocycles. The van der Waals surface area contributed by atoms with Crippen molar-refractivity contribution in [1.29, 1.82) is 0 Å². The molecule has 0 radical (unpaired) electrons. The van der Waals surface area contributed by atoms with Crippen molar-refractivity contribution in [3.05, 3.63) is 70.8 Å². The second-order valence-corrected chi connectivity index (χ2v) is 13.6. The molecular weight excluding hydrogens is 736 g/mol. The molecule has 4 aromatic rings. The van der Waals surface area contributed by atoms with Gasteiger partial charge in [-0.05, 0) is 67.8 Å². The highest BCUT2D eigenvalue weighted by Gasteiger charge is 2.33. The number of imide groups is 1. The average Bonchev–Trinajstić information content (AvgIpc) is 3.51. The summed E-state index contributed by atoms with van der Waals surface area (Å²) in [5.74, 6) is -1.50. The van der Waals surface area contributed by atoms with E-state index in [4.69, 9.17) is 23.8 Å². The molecule has 1 fully saturated rings. The molecule has 4 amide bonds. The summed E-state index contributed by atoms with van der Waals surface area (Å²) in [6.45, 7) is 7.28. The number of esters is 1. The number of nitrogens with one attached hydrogen (secondary N) is 2. The van der Waals surface area contributed by atoms with E-state index in [0.29, 0.717) is 55.3 Å². The number of methoxy groups -OCH3 is 2. The van der Waals surface area contributed by atoms with Gasteiger partial charge in [0.1, 0.15) is 23.8 Å². The van der Waals surface area contributed by atoms with E-state index >= 15 is 0 Å². The number of carbonyl (C=O) groups is 6. The molecule has 57 heavy (non-hydrogen) atoms. The lowest BCUT2D eigenvalue weighted by Gasteiger charge is -2.16. The Morgan fingerprint density at radius 2 is 1.35 bits per heavy atom. The number of hydrogen-bond acceptors (Lipinski definition) is 11. The van der Waals surface area contributed by atoms with Crippen LogP contribution >= 0.6 is 0 Å².